The van der Waals surface area contributed by atoms with Gasteiger partial charge in [0.05, 0.1) is 13.0 Å². The lowest BCUT2D eigenvalue weighted by Gasteiger charge is -2.21. The van der Waals surface area contributed by atoms with Crippen LogP contribution in [0.4, 0.5) is 4.79 Å². The van der Waals surface area contributed by atoms with Gasteiger partial charge in [0, 0.05) is 13.1 Å². The highest BCUT2D eigenvalue weighted by Crippen LogP contribution is 2.09. The van der Waals surface area contributed by atoms with E-state index in [1.54, 1.807) is 7.05 Å². The molecule has 1 atom stereocenters. The lowest BCUT2D eigenvalue weighted by Crippen LogP contribution is -2.43. The van der Waals surface area contributed by atoms with Crippen molar-refractivity contribution in [3.8, 4) is 0 Å². The fraction of sp³-hybridized carbons (Fsp3) is 0.538. The second-order valence-electron chi connectivity index (χ2n) is 4.52. The number of rotatable bonds is 6. The van der Waals surface area contributed by atoms with Gasteiger partial charge in [-0.2, -0.15) is 0 Å². The summed E-state index contributed by atoms with van der Waals surface area (Å²) in [6.45, 7) is 4.02. The Bertz CT molecular complexity index is 442. The largest absolute Gasteiger partial charge is 0.481 e. The Balaban J connectivity index is 2.49. The van der Waals surface area contributed by atoms with Crippen molar-refractivity contribution >= 4 is 12.0 Å². The maximum Gasteiger partial charge on any atom is 0.317 e. The first kappa shape index (κ1) is 15.1. The molecule has 6 heteroatoms. The van der Waals surface area contributed by atoms with Gasteiger partial charge in [-0.05, 0) is 25.5 Å². The molecule has 2 N–H and O–H groups in total. The Kier molecular flexibility index (Phi) is 5.41. The monoisotopic (exact) mass is 268 g/mol. The maximum absolute atomic E-state index is 11.9. The fourth-order valence-electron chi connectivity index (χ4n) is 1.67. The Labute approximate surface area is 112 Å². The molecular formula is C13H20N2O4. The van der Waals surface area contributed by atoms with Crippen LogP contribution in [0.1, 0.15) is 31.3 Å². The molecule has 0 fully saturated rings. The fourth-order valence-corrected chi connectivity index (χ4v) is 1.67. The van der Waals surface area contributed by atoms with E-state index in [9.17, 15) is 9.59 Å². The normalized spacial score (nSPS) is 11.9. The number of furan rings is 1. The first-order chi connectivity index (χ1) is 8.92. The number of urea groups is 1. The number of carboxylic acids is 1. The summed E-state index contributed by atoms with van der Waals surface area (Å²) < 4.78 is 5.38. The second-order valence-corrected chi connectivity index (χ2v) is 4.52. The topological polar surface area (TPSA) is 82.8 Å². The average molecular weight is 268 g/mol. The van der Waals surface area contributed by atoms with E-state index in [0.29, 0.717) is 18.7 Å². The molecule has 1 unspecified atom stereocenters. The van der Waals surface area contributed by atoms with Gasteiger partial charge in [0.2, 0.25) is 0 Å². The van der Waals surface area contributed by atoms with Gasteiger partial charge in [-0.15, -0.1) is 0 Å². The Hall–Kier alpha value is -1.98. The highest BCUT2D eigenvalue weighted by Gasteiger charge is 2.17. The zero-order valence-electron chi connectivity index (χ0n) is 11.5. The van der Waals surface area contributed by atoms with Gasteiger partial charge in [-0.25, -0.2) is 4.79 Å². The molecule has 0 spiro atoms. The molecule has 1 aromatic heterocycles. The van der Waals surface area contributed by atoms with E-state index < -0.39 is 5.97 Å². The van der Waals surface area contributed by atoms with E-state index in [1.807, 2.05) is 26.0 Å². The number of carbonyl (C=O) groups is 2. The summed E-state index contributed by atoms with van der Waals surface area (Å²) in [7, 11) is 1.64. The SMILES string of the molecule is CCC(CC(=O)O)NC(=O)N(C)Cc1ccc(C)o1. The molecule has 1 rings (SSSR count). The number of aliphatic carboxylic acids is 1. The Morgan fingerprint density at radius 3 is 2.63 bits per heavy atom. The summed E-state index contributed by atoms with van der Waals surface area (Å²) in [5.74, 6) is 0.569. The average Bonchev–Trinajstić information content (AvgIpc) is 2.73. The molecule has 1 aromatic rings. The minimum Gasteiger partial charge on any atom is -0.481 e. The molecule has 2 amide bonds. The van der Waals surface area contributed by atoms with Gasteiger partial charge in [0.1, 0.15) is 11.5 Å². The van der Waals surface area contributed by atoms with Crippen LogP contribution in [-0.2, 0) is 11.3 Å². The summed E-state index contributed by atoms with van der Waals surface area (Å²) >= 11 is 0. The first-order valence-corrected chi connectivity index (χ1v) is 6.21. The van der Waals surface area contributed by atoms with E-state index in [2.05, 4.69) is 5.32 Å². The minimum atomic E-state index is -0.920. The van der Waals surface area contributed by atoms with Gasteiger partial charge in [-0.1, -0.05) is 6.92 Å². The van der Waals surface area contributed by atoms with E-state index in [4.69, 9.17) is 9.52 Å². The molecule has 0 aliphatic carbocycles. The van der Waals surface area contributed by atoms with Gasteiger partial charge >= 0.3 is 12.0 Å². The molecule has 0 aliphatic rings. The number of aryl methyl sites for hydroxylation is 1. The number of nitrogens with zero attached hydrogens (tertiary/aromatic N) is 1. The van der Waals surface area contributed by atoms with E-state index in [0.717, 1.165) is 5.76 Å². The summed E-state index contributed by atoms with van der Waals surface area (Å²) in [6.07, 6.45) is 0.502. The molecule has 6 nitrogen and oxygen atoms in total. The molecule has 0 aliphatic heterocycles. The number of carbonyl (C=O) groups excluding carboxylic acids is 1. The molecule has 106 valence electrons. The van der Waals surface area contributed by atoms with Crippen LogP contribution in [0.5, 0.6) is 0 Å². The van der Waals surface area contributed by atoms with Crippen LogP contribution in [0.3, 0.4) is 0 Å². The summed E-state index contributed by atoms with van der Waals surface area (Å²) in [5, 5.41) is 11.4. The minimum absolute atomic E-state index is 0.0735. The number of nitrogens with one attached hydrogen (secondary N) is 1. The number of hydrogen-bond donors (Lipinski definition) is 2. The molecule has 0 bridgehead atoms. The van der Waals surface area contributed by atoms with E-state index in [1.165, 1.54) is 4.90 Å². The van der Waals surface area contributed by atoms with Gasteiger partial charge in [0.15, 0.2) is 0 Å². The molecule has 0 saturated heterocycles. The number of carboxylic acid groups (broad SMARTS) is 1. The molecule has 19 heavy (non-hydrogen) atoms. The quantitative estimate of drug-likeness (QED) is 0.826. The molecular weight excluding hydrogens is 248 g/mol. The summed E-state index contributed by atoms with van der Waals surface area (Å²) in [4.78, 5) is 24.0. The highest BCUT2D eigenvalue weighted by molar-refractivity contribution is 5.75. The molecule has 0 saturated carbocycles. The first-order valence-electron chi connectivity index (χ1n) is 6.21. The van der Waals surface area contributed by atoms with Crippen molar-refractivity contribution in [2.75, 3.05) is 7.05 Å². The lowest BCUT2D eigenvalue weighted by atomic mass is 10.1. The standard InChI is InChI=1S/C13H20N2O4/c1-4-10(7-12(16)17)14-13(18)15(3)8-11-6-5-9(2)19-11/h5-6,10H,4,7-8H2,1-3H3,(H,14,18)(H,16,17). The van der Waals surface area contributed by atoms with Gasteiger partial charge in [-0.3, -0.25) is 4.79 Å². The van der Waals surface area contributed by atoms with Crippen molar-refractivity contribution in [3.63, 3.8) is 0 Å². The van der Waals surface area contributed by atoms with Gasteiger partial charge < -0.3 is 19.7 Å². The van der Waals surface area contributed by atoms with Crippen molar-refractivity contribution in [2.24, 2.45) is 0 Å². The van der Waals surface area contributed by atoms with Crippen LogP contribution >= 0.6 is 0 Å². The third-order valence-electron chi connectivity index (χ3n) is 2.78. The van der Waals surface area contributed by atoms with Gasteiger partial charge in [0.25, 0.3) is 0 Å². The number of amides is 2. The number of hydrogen-bond acceptors (Lipinski definition) is 3. The van der Waals surface area contributed by atoms with Crippen molar-refractivity contribution in [2.45, 2.75) is 39.3 Å². The smallest absolute Gasteiger partial charge is 0.317 e. The van der Waals surface area contributed by atoms with Crippen LogP contribution in [0.15, 0.2) is 16.5 Å². The van der Waals surface area contributed by atoms with Crippen LogP contribution in [0.25, 0.3) is 0 Å². The lowest BCUT2D eigenvalue weighted by molar-refractivity contribution is -0.137. The van der Waals surface area contributed by atoms with E-state index >= 15 is 0 Å². The zero-order chi connectivity index (χ0) is 14.4. The van der Waals surface area contributed by atoms with Crippen LogP contribution < -0.4 is 5.32 Å². The third kappa shape index (κ3) is 5.03. The third-order valence-corrected chi connectivity index (χ3v) is 2.78. The van der Waals surface area contributed by atoms with E-state index in [-0.39, 0.29) is 18.5 Å². The predicted octanol–water partition coefficient (Wildman–Crippen LogP) is 1.98. The summed E-state index contributed by atoms with van der Waals surface area (Å²) in [5.41, 5.74) is 0. The van der Waals surface area contributed by atoms with Crippen molar-refractivity contribution < 1.29 is 19.1 Å². The molecule has 0 radical (unpaired) electrons. The molecule has 1 heterocycles. The van der Waals surface area contributed by atoms with Crippen LogP contribution in [0, 0.1) is 6.92 Å². The van der Waals surface area contributed by atoms with Crippen LogP contribution in [0.2, 0.25) is 0 Å². The summed E-state index contributed by atoms with van der Waals surface area (Å²) in [6, 6.07) is 2.99. The Morgan fingerprint density at radius 2 is 2.16 bits per heavy atom. The van der Waals surface area contributed by atoms with Crippen LogP contribution in [-0.4, -0.2) is 35.1 Å². The molecule has 0 aromatic carbocycles. The second kappa shape index (κ2) is 6.82. The van der Waals surface area contributed by atoms with Crippen molar-refractivity contribution in [1.29, 1.82) is 0 Å². The van der Waals surface area contributed by atoms with Crippen molar-refractivity contribution in [3.05, 3.63) is 23.7 Å². The maximum atomic E-state index is 11.9. The highest BCUT2D eigenvalue weighted by atomic mass is 16.4. The predicted molar refractivity (Wildman–Crippen MR) is 69.8 cm³/mol. The Morgan fingerprint density at radius 1 is 1.47 bits per heavy atom. The van der Waals surface area contributed by atoms with Crippen molar-refractivity contribution in [1.82, 2.24) is 10.2 Å². The zero-order valence-corrected chi connectivity index (χ0v) is 11.5.